The van der Waals surface area contributed by atoms with Crippen molar-refractivity contribution in [3.8, 4) is 0 Å². The van der Waals surface area contributed by atoms with Crippen LogP contribution in [0.3, 0.4) is 0 Å². The fourth-order valence-electron chi connectivity index (χ4n) is 3.24. The average molecular weight is 259 g/mol. The lowest BCUT2D eigenvalue weighted by Crippen LogP contribution is -2.12. The number of fused-ring (bicyclic) bond motifs is 5. The van der Waals surface area contributed by atoms with Gasteiger partial charge in [0.1, 0.15) is 12.5 Å². The molecule has 0 N–H and O–H groups in total. The minimum absolute atomic E-state index is 0.0145. The van der Waals surface area contributed by atoms with Crippen molar-refractivity contribution >= 4 is 38.0 Å². The Morgan fingerprint density at radius 1 is 0.750 bits per heavy atom. The molecule has 3 aromatic heterocycles. The van der Waals surface area contributed by atoms with Gasteiger partial charge in [-0.25, -0.2) is 0 Å². The minimum Gasteiger partial charge on any atom is -0.470 e. The zero-order valence-corrected chi connectivity index (χ0v) is 10.5. The van der Waals surface area contributed by atoms with Gasteiger partial charge in [0.25, 0.3) is 5.56 Å². The molecule has 0 radical (unpaired) electrons. The molecule has 94 valence electrons. The molecule has 0 aliphatic carbocycles. The Bertz CT molecular complexity index is 1160. The Kier molecular flexibility index (Phi) is 1.60. The lowest BCUT2D eigenvalue weighted by molar-refractivity contribution is 0.571. The first-order chi connectivity index (χ1) is 9.86. The third-order valence-corrected chi connectivity index (χ3v) is 4.08. The number of hydrogen-bond donors (Lipinski definition) is 0. The van der Waals surface area contributed by atoms with Crippen LogP contribution in [0.5, 0.6) is 0 Å². The normalized spacial score (nSPS) is 12.2. The van der Waals surface area contributed by atoms with Crippen molar-refractivity contribution in [1.29, 1.82) is 0 Å². The molecule has 3 heteroatoms. The smallest absolute Gasteiger partial charge is 0.263 e. The monoisotopic (exact) mass is 259 g/mol. The van der Waals surface area contributed by atoms with Crippen molar-refractivity contribution in [2.24, 2.45) is 0 Å². The van der Waals surface area contributed by atoms with Crippen LogP contribution in [0.1, 0.15) is 0 Å². The third kappa shape index (κ3) is 0.969. The molecule has 0 aliphatic heterocycles. The molecular weight excluding hydrogens is 250 g/mol. The Labute approximate surface area is 113 Å². The van der Waals surface area contributed by atoms with Crippen molar-refractivity contribution in [1.82, 2.24) is 4.40 Å². The van der Waals surface area contributed by atoms with Gasteiger partial charge in [0.15, 0.2) is 0 Å². The van der Waals surface area contributed by atoms with Gasteiger partial charge in [-0.3, -0.25) is 9.20 Å². The second-order valence-electron chi connectivity index (χ2n) is 5.06. The molecule has 0 amide bonds. The second kappa shape index (κ2) is 3.20. The van der Waals surface area contributed by atoms with Crippen LogP contribution >= 0.6 is 0 Å². The maximum atomic E-state index is 12.8. The van der Waals surface area contributed by atoms with Crippen molar-refractivity contribution < 1.29 is 4.42 Å². The highest BCUT2D eigenvalue weighted by atomic mass is 16.3. The van der Waals surface area contributed by atoms with Crippen molar-refractivity contribution in [3.05, 3.63) is 65.3 Å². The maximum absolute atomic E-state index is 12.8. The number of pyridine rings is 1. The van der Waals surface area contributed by atoms with E-state index >= 15 is 0 Å². The van der Waals surface area contributed by atoms with Crippen LogP contribution < -0.4 is 5.56 Å². The van der Waals surface area contributed by atoms with Gasteiger partial charge >= 0.3 is 0 Å². The summed E-state index contributed by atoms with van der Waals surface area (Å²) >= 11 is 0. The highest BCUT2D eigenvalue weighted by Crippen LogP contribution is 2.34. The summed E-state index contributed by atoms with van der Waals surface area (Å²) in [6, 6.07) is 13.9. The number of nitrogens with zero attached hydrogens (tertiary/aromatic N) is 1. The van der Waals surface area contributed by atoms with Gasteiger partial charge < -0.3 is 4.42 Å². The highest BCUT2D eigenvalue weighted by Gasteiger charge is 2.17. The van der Waals surface area contributed by atoms with Gasteiger partial charge in [0.05, 0.1) is 11.0 Å². The van der Waals surface area contributed by atoms with E-state index in [4.69, 9.17) is 4.42 Å². The first kappa shape index (κ1) is 10.0. The van der Waals surface area contributed by atoms with Gasteiger partial charge in [0.2, 0.25) is 0 Å². The number of para-hydroxylation sites is 1. The maximum Gasteiger partial charge on any atom is 0.263 e. The standard InChI is InChI=1S/C17H9NO2/c19-17-13-5-2-1-4-10(13)11-6-3-7-12-14-8-20-9-15(14)18(17)16(11)12/h1-9H. The molecule has 0 saturated carbocycles. The van der Waals surface area contributed by atoms with Gasteiger partial charge in [0, 0.05) is 21.5 Å². The van der Waals surface area contributed by atoms with Gasteiger partial charge in [-0.2, -0.15) is 0 Å². The lowest BCUT2D eigenvalue weighted by atomic mass is 10.1. The van der Waals surface area contributed by atoms with Crippen LogP contribution in [0.4, 0.5) is 0 Å². The molecule has 0 saturated heterocycles. The fourth-order valence-corrected chi connectivity index (χ4v) is 3.24. The summed E-state index contributed by atoms with van der Waals surface area (Å²) in [4.78, 5) is 12.8. The molecule has 5 aromatic rings. The summed E-state index contributed by atoms with van der Waals surface area (Å²) in [7, 11) is 0. The number of rotatable bonds is 0. The number of hydrogen-bond acceptors (Lipinski definition) is 2. The Morgan fingerprint density at radius 3 is 2.30 bits per heavy atom. The number of benzene rings is 2. The molecule has 0 bridgehead atoms. The van der Waals surface area contributed by atoms with Crippen LogP contribution in [0.25, 0.3) is 38.0 Å². The number of furan rings is 1. The minimum atomic E-state index is 0.0145. The van der Waals surface area contributed by atoms with E-state index in [1.54, 1.807) is 16.9 Å². The van der Waals surface area contributed by atoms with E-state index < -0.39 is 0 Å². The first-order valence-corrected chi connectivity index (χ1v) is 6.50. The van der Waals surface area contributed by atoms with Gasteiger partial charge in [-0.05, 0) is 11.5 Å². The molecule has 3 nitrogen and oxygen atoms in total. The van der Waals surface area contributed by atoms with Crippen LogP contribution in [0, 0.1) is 0 Å². The molecule has 0 fully saturated rings. The zero-order valence-electron chi connectivity index (χ0n) is 10.5. The second-order valence-corrected chi connectivity index (χ2v) is 5.06. The molecular formula is C17H9NO2. The molecule has 0 aliphatic rings. The van der Waals surface area contributed by atoms with E-state index in [2.05, 4.69) is 6.07 Å². The van der Waals surface area contributed by atoms with E-state index in [1.165, 1.54) is 0 Å². The molecule has 20 heavy (non-hydrogen) atoms. The fraction of sp³-hybridized carbons (Fsp3) is 0. The first-order valence-electron chi connectivity index (χ1n) is 6.50. The summed E-state index contributed by atoms with van der Waals surface area (Å²) in [5, 5.41) is 4.91. The summed E-state index contributed by atoms with van der Waals surface area (Å²) in [6.45, 7) is 0. The molecule has 3 heterocycles. The Hall–Kier alpha value is -2.81. The van der Waals surface area contributed by atoms with Crippen LogP contribution in [0.2, 0.25) is 0 Å². The predicted molar refractivity (Wildman–Crippen MR) is 79.6 cm³/mol. The quantitative estimate of drug-likeness (QED) is 0.396. The predicted octanol–water partition coefficient (Wildman–Crippen LogP) is 3.79. The highest BCUT2D eigenvalue weighted by molar-refractivity contribution is 6.19. The summed E-state index contributed by atoms with van der Waals surface area (Å²) in [6.07, 6.45) is 3.35. The summed E-state index contributed by atoms with van der Waals surface area (Å²) in [5.74, 6) is 0. The number of aromatic nitrogens is 1. The zero-order chi connectivity index (χ0) is 13.3. The van der Waals surface area contributed by atoms with E-state index in [0.717, 1.165) is 38.0 Å². The summed E-state index contributed by atoms with van der Waals surface area (Å²) in [5.41, 5.74) is 1.84. The van der Waals surface area contributed by atoms with E-state index in [9.17, 15) is 4.79 Å². The topological polar surface area (TPSA) is 34.6 Å². The average Bonchev–Trinajstić information content (AvgIpc) is 3.06. The SMILES string of the molecule is O=c1c2ccccc2c2cccc3c4cocc4n1c23. The third-order valence-electron chi connectivity index (χ3n) is 4.08. The van der Waals surface area contributed by atoms with Crippen LogP contribution in [0.15, 0.2) is 64.2 Å². The van der Waals surface area contributed by atoms with Gasteiger partial charge in [-0.15, -0.1) is 0 Å². The molecule has 0 unspecified atom stereocenters. The molecule has 0 spiro atoms. The Balaban J connectivity index is 2.35. The van der Waals surface area contributed by atoms with Crippen LogP contribution in [-0.4, -0.2) is 4.40 Å². The van der Waals surface area contributed by atoms with Crippen LogP contribution in [-0.2, 0) is 0 Å². The largest absolute Gasteiger partial charge is 0.470 e. The van der Waals surface area contributed by atoms with E-state index in [-0.39, 0.29) is 5.56 Å². The summed E-state index contributed by atoms with van der Waals surface area (Å²) < 4.78 is 7.05. The van der Waals surface area contributed by atoms with E-state index in [0.29, 0.717) is 0 Å². The van der Waals surface area contributed by atoms with Crippen molar-refractivity contribution in [2.45, 2.75) is 0 Å². The molecule has 5 rings (SSSR count). The van der Waals surface area contributed by atoms with Crippen molar-refractivity contribution in [3.63, 3.8) is 0 Å². The molecule has 0 atom stereocenters. The lowest BCUT2D eigenvalue weighted by Gasteiger charge is -2.05. The van der Waals surface area contributed by atoms with Crippen molar-refractivity contribution in [2.75, 3.05) is 0 Å². The Morgan fingerprint density at radius 2 is 1.45 bits per heavy atom. The van der Waals surface area contributed by atoms with Gasteiger partial charge in [-0.1, -0.05) is 36.4 Å². The molecule has 2 aromatic carbocycles. The van der Waals surface area contributed by atoms with E-state index in [1.807, 2.05) is 36.4 Å².